The summed E-state index contributed by atoms with van der Waals surface area (Å²) in [5.74, 6) is -1.15. The monoisotopic (exact) mass is 265 g/mol. The average Bonchev–Trinajstić information content (AvgIpc) is 2.41. The number of halogens is 2. The molecule has 2 aromatic rings. The maximum atomic E-state index is 13.4. The smallest absolute Gasteiger partial charge is 0.162 e. The predicted molar refractivity (Wildman–Crippen MR) is 70.3 cm³/mol. The van der Waals surface area contributed by atoms with Gasteiger partial charge in [0.2, 0.25) is 0 Å². The highest BCUT2D eigenvalue weighted by Crippen LogP contribution is 2.25. The van der Waals surface area contributed by atoms with E-state index in [4.69, 9.17) is 5.73 Å². The minimum Gasteiger partial charge on any atom is -0.326 e. The molecule has 0 fully saturated rings. The molecule has 2 aromatic carbocycles. The van der Waals surface area contributed by atoms with Gasteiger partial charge in [0.25, 0.3) is 0 Å². The first kappa shape index (κ1) is 13.1. The van der Waals surface area contributed by atoms with Gasteiger partial charge in [0.05, 0.1) is 0 Å². The summed E-state index contributed by atoms with van der Waals surface area (Å²) in [6.07, 6.45) is 0. The van der Waals surface area contributed by atoms with Gasteiger partial charge in [0.1, 0.15) is 0 Å². The maximum absolute atomic E-state index is 13.4. The van der Waals surface area contributed by atoms with E-state index in [1.54, 1.807) is 6.07 Å². The molecule has 18 heavy (non-hydrogen) atoms. The number of benzene rings is 2. The van der Waals surface area contributed by atoms with Crippen molar-refractivity contribution in [2.45, 2.75) is 17.2 Å². The summed E-state index contributed by atoms with van der Waals surface area (Å²) in [4.78, 5) is 1.01. The van der Waals surface area contributed by atoms with Crippen molar-refractivity contribution >= 4 is 11.8 Å². The molecule has 0 heterocycles. The van der Waals surface area contributed by atoms with Crippen LogP contribution in [0.3, 0.4) is 0 Å². The van der Waals surface area contributed by atoms with Gasteiger partial charge >= 0.3 is 0 Å². The second-order valence-electron chi connectivity index (χ2n) is 3.85. The predicted octanol–water partition coefficient (Wildman–Crippen LogP) is 3.72. The zero-order chi connectivity index (χ0) is 13.0. The van der Waals surface area contributed by atoms with Gasteiger partial charge < -0.3 is 5.73 Å². The molecule has 0 atom stereocenters. The Morgan fingerprint density at radius 2 is 1.72 bits per heavy atom. The summed E-state index contributed by atoms with van der Waals surface area (Å²) in [5.41, 5.74) is 6.93. The Morgan fingerprint density at radius 1 is 1.00 bits per heavy atom. The second kappa shape index (κ2) is 5.98. The van der Waals surface area contributed by atoms with Gasteiger partial charge in [0, 0.05) is 22.8 Å². The van der Waals surface area contributed by atoms with Gasteiger partial charge in [-0.05, 0) is 23.8 Å². The second-order valence-corrected chi connectivity index (χ2v) is 4.90. The van der Waals surface area contributed by atoms with Crippen molar-refractivity contribution in [3.05, 3.63) is 65.2 Å². The van der Waals surface area contributed by atoms with Gasteiger partial charge in [-0.25, -0.2) is 8.78 Å². The van der Waals surface area contributed by atoms with Crippen LogP contribution < -0.4 is 5.73 Å². The first-order chi connectivity index (χ1) is 8.70. The molecule has 0 saturated carbocycles. The minimum absolute atomic E-state index is 0.378. The van der Waals surface area contributed by atoms with Crippen LogP contribution in [0.15, 0.2) is 47.4 Å². The molecule has 94 valence electrons. The van der Waals surface area contributed by atoms with E-state index in [0.717, 1.165) is 16.5 Å². The molecule has 0 saturated heterocycles. The lowest BCUT2D eigenvalue weighted by Gasteiger charge is -2.05. The highest BCUT2D eigenvalue weighted by Gasteiger charge is 2.07. The zero-order valence-corrected chi connectivity index (χ0v) is 10.5. The lowest BCUT2D eigenvalue weighted by atomic mass is 10.2. The van der Waals surface area contributed by atoms with Crippen LogP contribution in [-0.4, -0.2) is 0 Å². The quantitative estimate of drug-likeness (QED) is 0.853. The Bertz CT molecular complexity index is 526. The summed E-state index contributed by atoms with van der Waals surface area (Å²) in [5, 5.41) is 0. The highest BCUT2D eigenvalue weighted by molar-refractivity contribution is 7.98. The van der Waals surface area contributed by atoms with E-state index >= 15 is 0 Å². The third kappa shape index (κ3) is 3.09. The van der Waals surface area contributed by atoms with E-state index in [1.807, 2.05) is 24.3 Å². The number of hydrogen-bond acceptors (Lipinski definition) is 2. The average molecular weight is 265 g/mol. The standard InChI is InChI=1S/C14H13F2NS/c15-13-3-1-2-11(14(13)16)9-18-12-6-4-10(8-17)5-7-12/h1-7H,8-9,17H2. The largest absolute Gasteiger partial charge is 0.326 e. The molecule has 0 aliphatic carbocycles. The Balaban J connectivity index is 2.04. The molecule has 0 spiro atoms. The normalized spacial score (nSPS) is 10.6. The number of nitrogens with two attached hydrogens (primary N) is 1. The third-order valence-electron chi connectivity index (χ3n) is 2.58. The third-order valence-corrected chi connectivity index (χ3v) is 3.65. The molecule has 2 rings (SSSR count). The van der Waals surface area contributed by atoms with Crippen LogP contribution in [-0.2, 0) is 12.3 Å². The van der Waals surface area contributed by atoms with Crippen molar-refractivity contribution in [1.82, 2.24) is 0 Å². The molecule has 4 heteroatoms. The molecule has 0 unspecified atom stereocenters. The fourth-order valence-corrected chi connectivity index (χ4v) is 2.42. The fraction of sp³-hybridized carbons (Fsp3) is 0.143. The molecular weight excluding hydrogens is 252 g/mol. The van der Waals surface area contributed by atoms with Crippen molar-refractivity contribution in [3.8, 4) is 0 Å². The molecule has 0 aromatic heterocycles. The van der Waals surface area contributed by atoms with Gasteiger partial charge in [-0.15, -0.1) is 11.8 Å². The lowest BCUT2D eigenvalue weighted by Crippen LogP contribution is -1.95. The van der Waals surface area contributed by atoms with Crippen LogP contribution in [0, 0.1) is 11.6 Å². The van der Waals surface area contributed by atoms with Gasteiger partial charge in [-0.3, -0.25) is 0 Å². The van der Waals surface area contributed by atoms with E-state index in [-0.39, 0.29) is 0 Å². The van der Waals surface area contributed by atoms with Crippen LogP contribution in [0.1, 0.15) is 11.1 Å². The number of rotatable bonds is 4. The van der Waals surface area contributed by atoms with Gasteiger partial charge in [-0.2, -0.15) is 0 Å². The zero-order valence-electron chi connectivity index (χ0n) is 9.70. The first-order valence-corrected chi connectivity index (χ1v) is 6.54. The molecule has 0 bridgehead atoms. The summed E-state index contributed by atoms with van der Waals surface area (Å²) in [6.45, 7) is 0.503. The van der Waals surface area contributed by atoms with Crippen LogP contribution in [0.2, 0.25) is 0 Å². The van der Waals surface area contributed by atoms with Crippen molar-refractivity contribution in [3.63, 3.8) is 0 Å². The maximum Gasteiger partial charge on any atom is 0.162 e. The van der Waals surface area contributed by atoms with E-state index in [0.29, 0.717) is 17.9 Å². The van der Waals surface area contributed by atoms with Crippen molar-refractivity contribution in [2.75, 3.05) is 0 Å². The van der Waals surface area contributed by atoms with E-state index in [2.05, 4.69) is 0 Å². The fourth-order valence-electron chi connectivity index (χ4n) is 1.54. The number of thioether (sulfide) groups is 1. The summed E-state index contributed by atoms with van der Waals surface area (Å²) in [7, 11) is 0. The summed E-state index contributed by atoms with van der Waals surface area (Å²) < 4.78 is 26.4. The van der Waals surface area contributed by atoms with Crippen molar-refractivity contribution in [2.24, 2.45) is 5.73 Å². The topological polar surface area (TPSA) is 26.0 Å². The van der Waals surface area contributed by atoms with Crippen molar-refractivity contribution in [1.29, 1.82) is 0 Å². The first-order valence-electron chi connectivity index (χ1n) is 5.55. The molecule has 0 amide bonds. The van der Waals surface area contributed by atoms with Crippen LogP contribution in [0.4, 0.5) is 8.78 Å². The number of hydrogen-bond donors (Lipinski definition) is 1. The molecule has 2 N–H and O–H groups in total. The van der Waals surface area contributed by atoms with Gasteiger partial charge in [-0.1, -0.05) is 24.3 Å². The minimum atomic E-state index is -0.799. The Morgan fingerprint density at radius 3 is 2.39 bits per heavy atom. The lowest BCUT2D eigenvalue weighted by molar-refractivity contribution is 0.502. The van der Waals surface area contributed by atoms with Crippen LogP contribution >= 0.6 is 11.8 Å². The van der Waals surface area contributed by atoms with E-state index < -0.39 is 11.6 Å². The van der Waals surface area contributed by atoms with Crippen LogP contribution in [0.25, 0.3) is 0 Å². The molecule has 0 radical (unpaired) electrons. The Labute approximate surface area is 109 Å². The molecule has 1 nitrogen and oxygen atoms in total. The Hall–Kier alpha value is -1.39. The van der Waals surface area contributed by atoms with Crippen molar-refractivity contribution < 1.29 is 8.78 Å². The summed E-state index contributed by atoms with van der Waals surface area (Å²) >= 11 is 1.47. The summed E-state index contributed by atoms with van der Waals surface area (Å²) in [6, 6.07) is 12.0. The van der Waals surface area contributed by atoms with Gasteiger partial charge in [0.15, 0.2) is 11.6 Å². The SMILES string of the molecule is NCc1ccc(SCc2cccc(F)c2F)cc1. The van der Waals surface area contributed by atoms with E-state index in [1.165, 1.54) is 17.8 Å². The van der Waals surface area contributed by atoms with Crippen LogP contribution in [0.5, 0.6) is 0 Å². The Kier molecular flexibility index (Phi) is 4.33. The highest BCUT2D eigenvalue weighted by atomic mass is 32.2. The molecule has 0 aliphatic heterocycles. The molecular formula is C14H13F2NS. The van der Waals surface area contributed by atoms with E-state index in [9.17, 15) is 8.78 Å². The molecule has 0 aliphatic rings.